The molecular weight excluding hydrogens is 568 g/mol. The Morgan fingerprint density at radius 1 is 1.08 bits per heavy atom. The second-order valence-corrected chi connectivity index (χ2v) is 11.7. The molecular formula is C24H20N4O8S3. The molecule has 12 nitrogen and oxygen atoms in total. The SMILES string of the molecule is CN(c1ccc(OCC(=O)OCC(=O)Nc2nc(-c3cccc([N+](=O)[O-])c3)cs2)cc1)S(=O)(=O)c1cccs1. The zero-order chi connectivity index (χ0) is 28.0. The Balaban J connectivity index is 1.23. The molecule has 202 valence electrons. The summed E-state index contributed by atoms with van der Waals surface area (Å²) in [5, 5.41) is 17.0. The van der Waals surface area contributed by atoms with E-state index in [1.807, 2.05) is 0 Å². The van der Waals surface area contributed by atoms with Crippen LogP contribution in [0.2, 0.25) is 0 Å². The van der Waals surface area contributed by atoms with Crippen LogP contribution in [-0.4, -0.2) is 50.5 Å². The van der Waals surface area contributed by atoms with E-state index in [0.717, 1.165) is 27.0 Å². The van der Waals surface area contributed by atoms with Crippen LogP contribution in [0, 0.1) is 10.1 Å². The number of esters is 1. The standard InChI is InChI=1S/C24H20N4O8S3/c1-27(39(33,34)23-6-3-11-37-23)17-7-9-19(10-8-17)35-14-22(30)36-13-21(29)26-24-25-20(15-38-24)16-4-2-5-18(12-16)28(31)32/h2-12,15H,13-14H2,1H3,(H,25,26,29). The number of amides is 1. The predicted molar refractivity (Wildman–Crippen MR) is 146 cm³/mol. The average Bonchev–Trinajstić information content (AvgIpc) is 3.64. The van der Waals surface area contributed by atoms with Gasteiger partial charge in [-0.25, -0.2) is 18.2 Å². The highest BCUT2D eigenvalue weighted by molar-refractivity contribution is 7.94. The van der Waals surface area contributed by atoms with Crippen molar-refractivity contribution in [1.82, 2.24) is 4.98 Å². The molecule has 0 bridgehead atoms. The highest BCUT2D eigenvalue weighted by Gasteiger charge is 2.22. The van der Waals surface area contributed by atoms with Crippen molar-refractivity contribution in [3.63, 3.8) is 0 Å². The smallest absolute Gasteiger partial charge is 0.344 e. The molecule has 0 fully saturated rings. The van der Waals surface area contributed by atoms with Gasteiger partial charge in [0.05, 0.1) is 16.3 Å². The Bertz CT molecular complexity index is 1590. The summed E-state index contributed by atoms with van der Waals surface area (Å²) in [4.78, 5) is 38.8. The van der Waals surface area contributed by atoms with Crippen LogP contribution < -0.4 is 14.4 Å². The second kappa shape index (κ2) is 12.0. The minimum atomic E-state index is -3.67. The van der Waals surface area contributed by atoms with Crippen LogP contribution in [0.5, 0.6) is 5.75 Å². The number of hydrogen-bond acceptors (Lipinski definition) is 11. The molecule has 0 aliphatic heterocycles. The Morgan fingerprint density at radius 2 is 1.85 bits per heavy atom. The Hall–Kier alpha value is -4.34. The zero-order valence-corrected chi connectivity index (χ0v) is 22.6. The van der Waals surface area contributed by atoms with Gasteiger partial charge < -0.3 is 9.47 Å². The van der Waals surface area contributed by atoms with Gasteiger partial charge >= 0.3 is 5.97 Å². The predicted octanol–water partition coefficient (Wildman–Crippen LogP) is 4.17. The first-order chi connectivity index (χ1) is 18.6. The van der Waals surface area contributed by atoms with Crippen LogP contribution in [0.4, 0.5) is 16.5 Å². The van der Waals surface area contributed by atoms with E-state index in [4.69, 9.17) is 9.47 Å². The largest absolute Gasteiger partial charge is 0.482 e. The maximum atomic E-state index is 12.6. The molecule has 39 heavy (non-hydrogen) atoms. The van der Waals surface area contributed by atoms with Gasteiger partial charge in [-0.15, -0.1) is 22.7 Å². The van der Waals surface area contributed by atoms with E-state index in [-0.39, 0.29) is 15.0 Å². The summed E-state index contributed by atoms with van der Waals surface area (Å²) in [6, 6.07) is 15.2. The molecule has 0 spiro atoms. The summed E-state index contributed by atoms with van der Waals surface area (Å²) < 4.78 is 36.9. The van der Waals surface area contributed by atoms with Crippen molar-refractivity contribution < 1.29 is 32.4 Å². The van der Waals surface area contributed by atoms with Crippen molar-refractivity contribution in [2.45, 2.75) is 4.21 Å². The Labute approximate surface area is 230 Å². The number of nitro groups is 1. The molecule has 2 aromatic carbocycles. The number of anilines is 2. The van der Waals surface area contributed by atoms with Crippen molar-refractivity contribution in [3.05, 3.63) is 81.5 Å². The molecule has 0 saturated carbocycles. The molecule has 15 heteroatoms. The number of carbonyl (C=O) groups is 2. The summed E-state index contributed by atoms with van der Waals surface area (Å²) in [6.45, 7) is -1.04. The van der Waals surface area contributed by atoms with Crippen LogP contribution in [0.15, 0.2) is 75.6 Å². The number of nitrogens with one attached hydrogen (secondary N) is 1. The van der Waals surface area contributed by atoms with Crippen molar-refractivity contribution in [2.75, 3.05) is 29.9 Å². The van der Waals surface area contributed by atoms with Crippen LogP contribution in [-0.2, 0) is 24.3 Å². The van der Waals surface area contributed by atoms with Gasteiger partial charge in [0, 0.05) is 30.1 Å². The highest BCUT2D eigenvalue weighted by atomic mass is 32.2. The van der Waals surface area contributed by atoms with Gasteiger partial charge in [0.15, 0.2) is 18.3 Å². The number of hydrogen-bond donors (Lipinski definition) is 1. The molecule has 0 aliphatic carbocycles. The number of nitrogens with zero attached hydrogens (tertiary/aromatic N) is 3. The minimum absolute atomic E-state index is 0.0782. The van der Waals surface area contributed by atoms with Crippen molar-refractivity contribution >= 4 is 61.1 Å². The fraction of sp³-hybridized carbons (Fsp3) is 0.125. The number of ether oxygens (including phenoxy) is 2. The maximum Gasteiger partial charge on any atom is 0.344 e. The number of thiazole rings is 1. The van der Waals surface area contributed by atoms with Crippen LogP contribution >= 0.6 is 22.7 Å². The number of sulfonamides is 1. The highest BCUT2D eigenvalue weighted by Crippen LogP contribution is 2.28. The van der Waals surface area contributed by atoms with E-state index in [1.165, 1.54) is 55.6 Å². The maximum absolute atomic E-state index is 12.6. The fourth-order valence-electron chi connectivity index (χ4n) is 3.16. The summed E-state index contributed by atoms with van der Waals surface area (Å²) in [7, 11) is -2.23. The van der Waals surface area contributed by atoms with Crippen molar-refractivity contribution in [2.24, 2.45) is 0 Å². The second-order valence-electron chi connectivity index (χ2n) is 7.74. The van der Waals surface area contributed by atoms with Crippen molar-refractivity contribution in [3.8, 4) is 17.0 Å². The Morgan fingerprint density at radius 3 is 2.54 bits per heavy atom. The summed E-state index contributed by atoms with van der Waals surface area (Å²) >= 11 is 2.23. The van der Waals surface area contributed by atoms with E-state index in [1.54, 1.807) is 22.9 Å². The molecule has 0 unspecified atom stereocenters. The third-order valence-electron chi connectivity index (χ3n) is 5.13. The molecule has 0 aliphatic rings. The first-order valence-corrected chi connectivity index (χ1v) is 14.2. The fourth-order valence-corrected chi connectivity index (χ4v) is 6.26. The molecule has 0 atom stereocenters. The van der Waals surface area contributed by atoms with Gasteiger partial charge in [-0.05, 0) is 35.7 Å². The number of aromatic nitrogens is 1. The minimum Gasteiger partial charge on any atom is -0.482 e. The number of non-ortho nitro benzene ring substituents is 1. The molecule has 1 amide bonds. The third-order valence-corrected chi connectivity index (χ3v) is 9.05. The number of thiophene rings is 1. The summed E-state index contributed by atoms with van der Waals surface area (Å²) in [5.74, 6) is -1.11. The lowest BCUT2D eigenvalue weighted by molar-refractivity contribution is -0.384. The van der Waals surface area contributed by atoms with Gasteiger partial charge in [0.2, 0.25) is 0 Å². The van der Waals surface area contributed by atoms with Gasteiger partial charge in [-0.1, -0.05) is 18.2 Å². The topological polar surface area (TPSA) is 158 Å². The molecule has 4 rings (SSSR count). The molecule has 2 aromatic heterocycles. The van der Waals surface area contributed by atoms with E-state index in [9.17, 15) is 28.1 Å². The first kappa shape index (κ1) is 27.7. The van der Waals surface area contributed by atoms with E-state index < -0.39 is 40.0 Å². The molecule has 0 saturated heterocycles. The van der Waals surface area contributed by atoms with Gasteiger partial charge in [-0.3, -0.25) is 24.5 Å². The lowest BCUT2D eigenvalue weighted by atomic mass is 10.1. The summed E-state index contributed by atoms with van der Waals surface area (Å²) in [6.07, 6.45) is 0. The first-order valence-electron chi connectivity index (χ1n) is 11.0. The molecule has 4 aromatic rings. The lowest BCUT2D eigenvalue weighted by Crippen LogP contribution is -2.25. The van der Waals surface area contributed by atoms with E-state index in [0.29, 0.717) is 22.7 Å². The third kappa shape index (κ3) is 6.95. The molecule has 2 heterocycles. The quantitative estimate of drug-likeness (QED) is 0.154. The van der Waals surface area contributed by atoms with Crippen LogP contribution in [0.25, 0.3) is 11.3 Å². The Kier molecular flexibility index (Phi) is 8.53. The van der Waals surface area contributed by atoms with Crippen LogP contribution in [0.1, 0.15) is 0 Å². The van der Waals surface area contributed by atoms with Crippen LogP contribution in [0.3, 0.4) is 0 Å². The number of carbonyl (C=O) groups excluding carboxylic acids is 2. The summed E-state index contributed by atoms with van der Waals surface area (Å²) in [5.41, 5.74) is 1.30. The average molecular weight is 589 g/mol. The zero-order valence-electron chi connectivity index (χ0n) is 20.2. The molecule has 0 radical (unpaired) electrons. The van der Waals surface area contributed by atoms with Gasteiger partial charge in [0.25, 0.3) is 21.6 Å². The number of benzene rings is 2. The number of rotatable bonds is 11. The van der Waals surface area contributed by atoms with Crippen molar-refractivity contribution in [1.29, 1.82) is 0 Å². The van der Waals surface area contributed by atoms with E-state index in [2.05, 4.69) is 10.3 Å². The normalized spacial score (nSPS) is 11.0. The van der Waals surface area contributed by atoms with E-state index >= 15 is 0 Å². The number of nitro benzene ring substituents is 1. The van der Waals surface area contributed by atoms with Gasteiger partial charge in [0.1, 0.15) is 9.96 Å². The van der Waals surface area contributed by atoms with Gasteiger partial charge in [-0.2, -0.15) is 0 Å². The molecule has 1 N–H and O–H groups in total. The lowest BCUT2D eigenvalue weighted by Gasteiger charge is -2.18. The monoisotopic (exact) mass is 588 g/mol.